The summed E-state index contributed by atoms with van der Waals surface area (Å²) >= 11 is 0. The number of halogens is 1. The van der Waals surface area contributed by atoms with Gasteiger partial charge in [-0.1, -0.05) is 12.1 Å². The Kier molecular flexibility index (Phi) is 9.28. The third kappa shape index (κ3) is 5.61. The van der Waals surface area contributed by atoms with Gasteiger partial charge in [0, 0.05) is 55.1 Å². The van der Waals surface area contributed by atoms with Gasteiger partial charge in [0.05, 0.1) is 61.9 Å². The SMILES string of the molecule is COc1cccc2c1C(=O)c1c(O)c3c(c(O)c1C2=O)C[C@@](O)(C(=O)CN1CCOCC1)C[C@@H]3OC1CC(N)C(O)C(C)O1.Cl. The van der Waals surface area contributed by atoms with Gasteiger partial charge < -0.3 is 45.1 Å². The number of ether oxygens (including phenoxy) is 4. The first kappa shape index (κ1) is 33.2. The molecule has 4 unspecified atom stereocenters. The van der Waals surface area contributed by atoms with Crippen LogP contribution in [0.5, 0.6) is 17.2 Å². The Morgan fingerprint density at radius 3 is 2.47 bits per heavy atom. The van der Waals surface area contributed by atoms with E-state index in [1.807, 2.05) is 4.90 Å². The lowest BCUT2D eigenvalue weighted by Crippen LogP contribution is -2.54. The number of nitrogens with two attached hydrogens (primary N) is 1. The number of hydrogen-bond donors (Lipinski definition) is 5. The first-order valence-electron chi connectivity index (χ1n) is 14.6. The molecule has 0 aromatic heterocycles. The molecule has 45 heavy (non-hydrogen) atoms. The molecular formula is C31H37ClN2O11. The molecule has 2 aromatic rings. The minimum atomic E-state index is -2.07. The normalized spacial score (nSPS) is 29.7. The molecule has 2 aliphatic heterocycles. The number of aliphatic hydroxyl groups excluding tert-OH is 1. The van der Waals surface area contributed by atoms with E-state index in [0.29, 0.717) is 26.3 Å². The van der Waals surface area contributed by atoms with E-state index in [-0.39, 0.29) is 59.8 Å². The number of ketones is 3. The van der Waals surface area contributed by atoms with Crippen LogP contribution in [-0.4, -0.2) is 113 Å². The molecular weight excluding hydrogens is 612 g/mol. The minimum Gasteiger partial charge on any atom is -0.507 e. The quantitative estimate of drug-likeness (QED) is 0.235. The van der Waals surface area contributed by atoms with Crippen molar-refractivity contribution in [1.82, 2.24) is 4.90 Å². The van der Waals surface area contributed by atoms with Crippen LogP contribution < -0.4 is 10.5 Å². The number of rotatable bonds is 6. The van der Waals surface area contributed by atoms with Gasteiger partial charge in [0.1, 0.15) is 22.8 Å². The van der Waals surface area contributed by atoms with Crippen LogP contribution in [0.2, 0.25) is 0 Å². The van der Waals surface area contributed by atoms with E-state index in [4.69, 9.17) is 24.7 Å². The number of phenolic OH excluding ortho intramolecular Hbond substituents is 2. The smallest absolute Gasteiger partial charge is 0.202 e. The zero-order chi connectivity index (χ0) is 31.5. The van der Waals surface area contributed by atoms with Gasteiger partial charge in [-0.3, -0.25) is 19.3 Å². The molecule has 2 heterocycles. The van der Waals surface area contributed by atoms with Crippen molar-refractivity contribution in [1.29, 1.82) is 0 Å². The predicted molar refractivity (Wildman–Crippen MR) is 159 cm³/mol. The molecule has 0 saturated carbocycles. The molecule has 14 heteroatoms. The van der Waals surface area contributed by atoms with Gasteiger partial charge in [-0.2, -0.15) is 0 Å². The Bertz CT molecular complexity index is 1520. The number of fused-ring (bicyclic) bond motifs is 3. The molecule has 13 nitrogen and oxygen atoms in total. The molecule has 0 spiro atoms. The third-order valence-corrected chi connectivity index (χ3v) is 9.13. The average Bonchev–Trinajstić information content (AvgIpc) is 3.00. The summed E-state index contributed by atoms with van der Waals surface area (Å²) in [5.74, 6) is -3.12. The number of morpholine rings is 1. The van der Waals surface area contributed by atoms with E-state index >= 15 is 0 Å². The molecule has 2 fully saturated rings. The van der Waals surface area contributed by atoms with Crippen molar-refractivity contribution in [2.45, 2.75) is 62.4 Å². The van der Waals surface area contributed by atoms with Crippen molar-refractivity contribution >= 4 is 29.8 Å². The molecule has 6 atom stereocenters. The van der Waals surface area contributed by atoms with Crippen molar-refractivity contribution in [3.05, 3.63) is 51.6 Å². The summed E-state index contributed by atoms with van der Waals surface area (Å²) in [4.78, 5) is 43.1. The van der Waals surface area contributed by atoms with Gasteiger partial charge in [0.15, 0.2) is 17.9 Å². The van der Waals surface area contributed by atoms with E-state index in [9.17, 15) is 34.8 Å². The van der Waals surface area contributed by atoms with Gasteiger partial charge in [-0.15, -0.1) is 12.4 Å². The van der Waals surface area contributed by atoms with Crippen LogP contribution in [0.25, 0.3) is 0 Å². The molecule has 0 radical (unpaired) electrons. The number of nitrogens with zero attached hydrogens (tertiary/aromatic N) is 1. The van der Waals surface area contributed by atoms with Crippen LogP contribution in [0, 0.1) is 0 Å². The Labute approximate surface area is 265 Å². The van der Waals surface area contributed by atoms with Gasteiger partial charge in [0.2, 0.25) is 5.78 Å². The second-order valence-electron chi connectivity index (χ2n) is 11.9. The molecule has 2 saturated heterocycles. The van der Waals surface area contributed by atoms with Crippen LogP contribution in [0.3, 0.4) is 0 Å². The summed E-state index contributed by atoms with van der Waals surface area (Å²) in [5, 5.41) is 45.5. The number of benzene rings is 2. The van der Waals surface area contributed by atoms with Crippen molar-refractivity contribution < 1.29 is 53.8 Å². The molecule has 2 aliphatic carbocycles. The van der Waals surface area contributed by atoms with Gasteiger partial charge in [0.25, 0.3) is 0 Å². The van der Waals surface area contributed by atoms with Crippen molar-refractivity contribution in [2.24, 2.45) is 5.73 Å². The summed E-state index contributed by atoms with van der Waals surface area (Å²) in [6.45, 7) is 3.38. The standard InChI is InChI=1S/C31H36N2O11.ClH/c1-14-26(35)17(32)10-21(43-14)44-19-12-31(40,20(34)13-33-6-8-42-9-7-33)11-16-23(19)30(39)25-24(28(16)37)27(36)15-4-3-5-18(41-2)22(15)29(25)38;/h3-5,14,17,19,21,26,35,37,39-40H,6-13,32H2,1-2H3;1H/t14?,17?,19-,21?,26?,31-;/m0./s1. The van der Waals surface area contributed by atoms with Gasteiger partial charge in [-0.25, -0.2) is 0 Å². The van der Waals surface area contributed by atoms with Crippen molar-refractivity contribution in [3.63, 3.8) is 0 Å². The number of aromatic hydroxyl groups is 2. The first-order chi connectivity index (χ1) is 20.9. The summed E-state index contributed by atoms with van der Waals surface area (Å²) in [6.07, 6.45) is -4.68. The lowest BCUT2D eigenvalue weighted by Gasteiger charge is -2.42. The number of carbonyl (C=O) groups excluding carboxylic acids is 3. The van der Waals surface area contributed by atoms with Crippen LogP contribution in [0.1, 0.15) is 68.8 Å². The number of Topliss-reactive ketones (excluding diaryl/α,β-unsaturated/α-hetero) is 1. The monoisotopic (exact) mass is 648 g/mol. The zero-order valence-corrected chi connectivity index (χ0v) is 25.7. The third-order valence-electron chi connectivity index (χ3n) is 9.13. The summed E-state index contributed by atoms with van der Waals surface area (Å²) < 4.78 is 22.7. The Morgan fingerprint density at radius 2 is 1.80 bits per heavy atom. The molecule has 2 aromatic carbocycles. The summed E-state index contributed by atoms with van der Waals surface area (Å²) in [5.41, 5.74) is 2.98. The molecule has 6 rings (SSSR count). The number of methoxy groups -OCH3 is 1. The topological polar surface area (TPSA) is 198 Å². The van der Waals surface area contributed by atoms with Crippen LogP contribution in [0.4, 0.5) is 0 Å². The van der Waals surface area contributed by atoms with E-state index in [0.717, 1.165) is 0 Å². The maximum atomic E-state index is 13.8. The highest BCUT2D eigenvalue weighted by Gasteiger charge is 2.50. The zero-order valence-electron chi connectivity index (χ0n) is 24.9. The highest BCUT2D eigenvalue weighted by molar-refractivity contribution is 6.31. The molecule has 0 bridgehead atoms. The van der Waals surface area contributed by atoms with Gasteiger partial charge >= 0.3 is 0 Å². The van der Waals surface area contributed by atoms with Crippen LogP contribution in [0.15, 0.2) is 18.2 Å². The van der Waals surface area contributed by atoms with Crippen molar-refractivity contribution in [2.75, 3.05) is 40.0 Å². The fourth-order valence-electron chi connectivity index (χ4n) is 6.71. The van der Waals surface area contributed by atoms with Crippen LogP contribution >= 0.6 is 12.4 Å². The number of carbonyl (C=O) groups is 3. The number of aliphatic hydroxyl groups is 2. The molecule has 6 N–H and O–H groups in total. The highest BCUT2D eigenvalue weighted by atomic mass is 35.5. The summed E-state index contributed by atoms with van der Waals surface area (Å²) in [7, 11) is 1.35. The largest absolute Gasteiger partial charge is 0.507 e. The minimum absolute atomic E-state index is 0. The first-order valence-corrected chi connectivity index (χ1v) is 14.6. The maximum Gasteiger partial charge on any atom is 0.202 e. The Hall–Kier alpha value is -3.14. The molecule has 244 valence electrons. The maximum absolute atomic E-state index is 13.8. The van der Waals surface area contributed by atoms with Crippen LogP contribution in [-0.2, 0) is 25.4 Å². The van der Waals surface area contributed by atoms with E-state index in [2.05, 4.69) is 0 Å². The van der Waals surface area contributed by atoms with Gasteiger partial charge in [-0.05, 0) is 13.0 Å². The fourth-order valence-corrected chi connectivity index (χ4v) is 6.71. The number of phenols is 2. The van der Waals surface area contributed by atoms with E-state index in [1.54, 1.807) is 6.92 Å². The molecule has 4 aliphatic rings. The highest BCUT2D eigenvalue weighted by Crippen LogP contribution is 2.52. The lowest BCUT2D eigenvalue weighted by molar-refractivity contribution is -0.247. The Balaban J connectivity index is 0.00000400. The predicted octanol–water partition coefficient (Wildman–Crippen LogP) is 0.763. The number of hydrogen-bond acceptors (Lipinski definition) is 13. The molecule has 0 amide bonds. The second-order valence-corrected chi connectivity index (χ2v) is 11.9. The van der Waals surface area contributed by atoms with E-state index in [1.165, 1.54) is 25.3 Å². The fraction of sp³-hybridized carbons (Fsp3) is 0.516. The second kappa shape index (κ2) is 12.6. The lowest BCUT2D eigenvalue weighted by atomic mass is 9.71. The van der Waals surface area contributed by atoms with E-state index < -0.39 is 82.6 Å². The Morgan fingerprint density at radius 1 is 1.11 bits per heavy atom. The average molecular weight is 649 g/mol. The van der Waals surface area contributed by atoms with Crippen molar-refractivity contribution in [3.8, 4) is 17.2 Å². The summed E-state index contributed by atoms with van der Waals surface area (Å²) in [6, 6.07) is 3.76.